The minimum atomic E-state index is 0.530. The summed E-state index contributed by atoms with van der Waals surface area (Å²) in [5.74, 6) is 9.12. The summed E-state index contributed by atoms with van der Waals surface area (Å²) in [7, 11) is 0. The van der Waals surface area contributed by atoms with Gasteiger partial charge < -0.3 is 4.74 Å². The maximum Gasteiger partial charge on any atom is 0.205 e. The first kappa shape index (κ1) is 20.4. The number of hydrogen-bond donors (Lipinski definition) is 0. The van der Waals surface area contributed by atoms with Gasteiger partial charge in [0.1, 0.15) is 0 Å². The zero-order valence-corrected chi connectivity index (χ0v) is 17.3. The monoisotopic (exact) mass is 376 g/mol. The maximum absolute atomic E-state index is 5.64. The van der Waals surface area contributed by atoms with Gasteiger partial charge in [0.2, 0.25) is 5.82 Å². The standard InChI is InChI=1S/C25H32N2O/c1-3-5-6-17-28-24-18-26-25(27-19-24)16-11-21-9-14-23(15-10-21)22-12-7-20(4-2)8-13-22/h9-10,14-15,18-20,22H,3-8,12-13,17H2,1-2H3/t20-,22-. The fraction of sp³-hybridized carbons (Fsp3) is 0.520. The minimum Gasteiger partial charge on any atom is -0.490 e. The molecule has 0 saturated heterocycles. The third kappa shape index (κ3) is 6.09. The normalized spacial score (nSPS) is 18.9. The highest BCUT2D eigenvalue weighted by Crippen LogP contribution is 2.36. The molecule has 0 atom stereocenters. The van der Waals surface area contributed by atoms with Gasteiger partial charge in [0, 0.05) is 5.56 Å². The lowest BCUT2D eigenvalue weighted by Gasteiger charge is -2.28. The third-order valence-corrected chi connectivity index (χ3v) is 5.77. The van der Waals surface area contributed by atoms with E-state index >= 15 is 0 Å². The second kappa shape index (κ2) is 10.9. The van der Waals surface area contributed by atoms with Gasteiger partial charge in [-0.1, -0.05) is 51.2 Å². The van der Waals surface area contributed by atoms with E-state index in [4.69, 9.17) is 4.74 Å². The number of aromatic nitrogens is 2. The van der Waals surface area contributed by atoms with Crippen LogP contribution < -0.4 is 4.74 Å². The van der Waals surface area contributed by atoms with Crippen LogP contribution in [0.5, 0.6) is 5.75 Å². The quantitative estimate of drug-likeness (QED) is 0.431. The fourth-order valence-corrected chi connectivity index (χ4v) is 3.87. The topological polar surface area (TPSA) is 35.0 Å². The van der Waals surface area contributed by atoms with Crippen LogP contribution in [0.1, 0.15) is 88.1 Å². The van der Waals surface area contributed by atoms with E-state index in [1.54, 1.807) is 12.4 Å². The highest BCUT2D eigenvalue weighted by Gasteiger charge is 2.20. The molecular formula is C25H32N2O. The summed E-state index contributed by atoms with van der Waals surface area (Å²) in [5.41, 5.74) is 2.47. The van der Waals surface area contributed by atoms with Crippen LogP contribution in [0.15, 0.2) is 36.7 Å². The average molecular weight is 377 g/mol. The Morgan fingerprint density at radius 2 is 1.64 bits per heavy atom. The molecule has 1 saturated carbocycles. The smallest absolute Gasteiger partial charge is 0.205 e. The molecule has 1 aromatic heterocycles. The van der Waals surface area contributed by atoms with Crippen LogP contribution in [-0.4, -0.2) is 16.6 Å². The number of hydrogen-bond acceptors (Lipinski definition) is 3. The summed E-state index contributed by atoms with van der Waals surface area (Å²) in [6, 6.07) is 8.74. The van der Waals surface area contributed by atoms with Crippen molar-refractivity contribution in [2.24, 2.45) is 5.92 Å². The van der Waals surface area contributed by atoms with Gasteiger partial charge in [-0.2, -0.15) is 0 Å². The average Bonchev–Trinajstić information content (AvgIpc) is 2.76. The molecule has 0 radical (unpaired) electrons. The van der Waals surface area contributed by atoms with Crippen LogP contribution in [0.25, 0.3) is 0 Å². The molecule has 0 aliphatic heterocycles. The first-order valence-corrected chi connectivity index (χ1v) is 10.8. The molecule has 2 aromatic rings. The Balaban J connectivity index is 1.52. The van der Waals surface area contributed by atoms with Crippen LogP contribution >= 0.6 is 0 Å². The molecule has 148 valence electrons. The molecule has 3 nitrogen and oxygen atoms in total. The van der Waals surface area contributed by atoms with E-state index in [0.29, 0.717) is 18.2 Å². The highest BCUT2D eigenvalue weighted by molar-refractivity contribution is 5.40. The Labute approximate surface area is 170 Å². The molecule has 3 heteroatoms. The molecule has 0 bridgehead atoms. The lowest BCUT2D eigenvalue weighted by atomic mass is 9.78. The van der Waals surface area contributed by atoms with E-state index in [2.05, 4.69) is 59.9 Å². The van der Waals surface area contributed by atoms with E-state index in [-0.39, 0.29) is 0 Å². The van der Waals surface area contributed by atoms with E-state index in [9.17, 15) is 0 Å². The van der Waals surface area contributed by atoms with Gasteiger partial charge >= 0.3 is 0 Å². The molecule has 3 rings (SSSR count). The maximum atomic E-state index is 5.64. The molecule has 0 unspecified atom stereocenters. The van der Waals surface area contributed by atoms with Crippen molar-refractivity contribution in [1.82, 2.24) is 9.97 Å². The molecule has 0 spiro atoms. The van der Waals surface area contributed by atoms with Crippen molar-refractivity contribution in [3.63, 3.8) is 0 Å². The summed E-state index contributed by atoms with van der Waals surface area (Å²) in [5, 5.41) is 0. The van der Waals surface area contributed by atoms with Gasteiger partial charge in [-0.05, 0) is 67.6 Å². The van der Waals surface area contributed by atoms with Crippen molar-refractivity contribution in [3.05, 3.63) is 53.6 Å². The Morgan fingerprint density at radius 3 is 2.29 bits per heavy atom. The molecule has 28 heavy (non-hydrogen) atoms. The fourth-order valence-electron chi connectivity index (χ4n) is 3.87. The van der Waals surface area contributed by atoms with Crippen molar-refractivity contribution < 1.29 is 4.74 Å². The summed E-state index contributed by atoms with van der Waals surface area (Å²) in [6.45, 7) is 5.21. The second-order valence-corrected chi connectivity index (χ2v) is 7.80. The number of nitrogens with zero attached hydrogens (tertiary/aromatic N) is 2. The molecule has 1 heterocycles. The second-order valence-electron chi connectivity index (χ2n) is 7.80. The van der Waals surface area contributed by atoms with Crippen LogP contribution in [0, 0.1) is 17.8 Å². The van der Waals surface area contributed by atoms with Gasteiger partial charge in [0.05, 0.1) is 19.0 Å². The largest absolute Gasteiger partial charge is 0.490 e. The van der Waals surface area contributed by atoms with Gasteiger partial charge in [-0.15, -0.1) is 0 Å². The number of benzene rings is 1. The van der Waals surface area contributed by atoms with Gasteiger partial charge in [0.25, 0.3) is 0 Å². The zero-order valence-electron chi connectivity index (χ0n) is 17.3. The number of unbranched alkanes of at least 4 members (excludes halogenated alkanes) is 2. The lowest BCUT2D eigenvalue weighted by Crippen LogP contribution is -2.12. The molecule has 1 aliphatic carbocycles. The number of ether oxygens (including phenoxy) is 1. The highest BCUT2D eigenvalue weighted by atomic mass is 16.5. The molecule has 1 fully saturated rings. The van der Waals surface area contributed by atoms with Gasteiger partial charge in [0.15, 0.2) is 5.75 Å². The Hall–Kier alpha value is -2.34. The summed E-state index contributed by atoms with van der Waals surface area (Å²) in [6.07, 6.45) is 13.6. The molecule has 1 aliphatic rings. The van der Waals surface area contributed by atoms with Crippen molar-refractivity contribution >= 4 is 0 Å². The summed E-state index contributed by atoms with van der Waals surface area (Å²) < 4.78 is 5.64. The molecule has 0 N–H and O–H groups in total. The third-order valence-electron chi connectivity index (χ3n) is 5.77. The van der Waals surface area contributed by atoms with Crippen molar-refractivity contribution in [2.75, 3.05) is 6.61 Å². The van der Waals surface area contributed by atoms with Crippen LogP contribution in [-0.2, 0) is 0 Å². The van der Waals surface area contributed by atoms with Gasteiger partial charge in [-0.3, -0.25) is 0 Å². The van der Waals surface area contributed by atoms with Gasteiger partial charge in [-0.25, -0.2) is 9.97 Å². The van der Waals surface area contributed by atoms with Crippen molar-refractivity contribution in [3.8, 4) is 17.6 Å². The molecule has 0 amide bonds. The van der Waals surface area contributed by atoms with E-state index in [1.165, 1.54) is 50.5 Å². The predicted molar refractivity (Wildman–Crippen MR) is 114 cm³/mol. The van der Waals surface area contributed by atoms with Crippen LogP contribution in [0.3, 0.4) is 0 Å². The first-order valence-electron chi connectivity index (χ1n) is 10.8. The van der Waals surface area contributed by atoms with E-state index < -0.39 is 0 Å². The minimum absolute atomic E-state index is 0.530. The zero-order chi connectivity index (χ0) is 19.6. The van der Waals surface area contributed by atoms with Crippen LogP contribution in [0.4, 0.5) is 0 Å². The number of rotatable bonds is 7. The lowest BCUT2D eigenvalue weighted by molar-refractivity contribution is 0.304. The Kier molecular flexibility index (Phi) is 7.91. The Morgan fingerprint density at radius 1 is 0.929 bits per heavy atom. The van der Waals surface area contributed by atoms with Crippen LogP contribution in [0.2, 0.25) is 0 Å². The van der Waals surface area contributed by atoms with Crippen molar-refractivity contribution in [1.29, 1.82) is 0 Å². The summed E-state index contributed by atoms with van der Waals surface area (Å²) in [4.78, 5) is 8.58. The van der Waals surface area contributed by atoms with E-state index in [1.807, 2.05) is 0 Å². The summed E-state index contributed by atoms with van der Waals surface area (Å²) >= 11 is 0. The first-order chi connectivity index (χ1) is 13.8. The molecule has 1 aromatic carbocycles. The SMILES string of the molecule is CCCCCOc1cnc(C#Cc2ccc([C@H]3CC[C@H](CC)CC3)cc2)nc1. The molecular weight excluding hydrogens is 344 g/mol. The van der Waals surface area contributed by atoms with E-state index in [0.717, 1.165) is 23.8 Å². The Bertz CT molecular complexity index is 763. The van der Waals surface area contributed by atoms with Crippen molar-refractivity contribution in [2.45, 2.75) is 71.1 Å². The predicted octanol–water partition coefficient (Wildman–Crippen LogP) is 6.13.